The number of carbonyl (C=O) groups excluding carboxylic acids is 1. The number of hydrogen-bond acceptors (Lipinski definition) is 3. The molecule has 2 heterocycles. The van der Waals surface area contributed by atoms with Crippen LogP contribution in [0.25, 0.3) is 5.57 Å². The van der Waals surface area contributed by atoms with E-state index >= 15 is 0 Å². The van der Waals surface area contributed by atoms with Gasteiger partial charge in [-0.3, -0.25) is 4.79 Å². The Morgan fingerprint density at radius 2 is 1.77 bits per heavy atom. The summed E-state index contributed by atoms with van der Waals surface area (Å²) in [5.74, 6) is 0.464. The molecule has 1 saturated heterocycles. The van der Waals surface area contributed by atoms with Gasteiger partial charge >= 0.3 is 0 Å². The smallest absolute Gasteiger partial charge is 0.253 e. The van der Waals surface area contributed by atoms with Gasteiger partial charge in [0.15, 0.2) is 0 Å². The lowest BCUT2D eigenvalue weighted by molar-refractivity contribution is 0.0772. The molecule has 4 nitrogen and oxygen atoms in total. The van der Waals surface area contributed by atoms with Gasteiger partial charge in [0.05, 0.1) is 0 Å². The van der Waals surface area contributed by atoms with Crippen LogP contribution in [0.15, 0.2) is 48.5 Å². The zero-order chi connectivity index (χ0) is 20.4. The number of halogens is 2. The highest BCUT2D eigenvalue weighted by atomic mass is 35.5. The fourth-order valence-corrected chi connectivity index (χ4v) is 4.21. The molecule has 0 saturated carbocycles. The molecule has 0 aliphatic carbocycles. The Kier molecular flexibility index (Phi) is 6.84. The Hall–Kier alpha value is -2.37. The summed E-state index contributed by atoms with van der Waals surface area (Å²) < 4.78 is 20.4. The molecule has 1 fully saturated rings. The number of rotatable bonds is 4. The minimum absolute atomic E-state index is 0. The van der Waals surface area contributed by atoms with Crippen LogP contribution in [-0.4, -0.2) is 42.6 Å². The molecule has 2 aliphatic heterocycles. The van der Waals surface area contributed by atoms with Crippen LogP contribution in [0, 0.1) is 5.82 Å². The molecule has 1 spiro atoms. The zero-order valence-corrected chi connectivity index (χ0v) is 18.2. The van der Waals surface area contributed by atoms with E-state index in [9.17, 15) is 9.18 Å². The summed E-state index contributed by atoms with van der Waals surface area (Å²) in [5.41, 5.74) is 2.99. The Balaban J connectivity index is 0.00000256. The monoisotopic (exact) mass is 430 g/mol. The van der Waals surface area contributed by atoms with Gasteiger partial charge < -0.3 is 15.0 Å². The Morgan fingerprint density at radius 1 is 1.10 bits per heavy atom. The van der Waals surface area contributed by atoms with Crippen molar-refractivity contribution in [1.82, 2.24) is 10.2 Å². The summed E-state index contributed by atoms with van der Waals surface area (Å²) in [6.07, 6.45) is 3.88. The Bertz CT molecular complexity index is 933. The number of hydrogen-bond donors (Lipinski definition) is 1. The predicted molar refractivity (Wildman–Crippen MR) is 120 cm³/mol. The van der Waals surface area contributed by atoms with E-state index in [4.69, 9.17) is 4.74 Å². The van der Waals surface area contributed by atoms with E-state index in [2.05, 4.69) is 11.4 Å². The van der Waals surface area contributed by atoms with E-state index in [1.54, 1.807) is 11.0 Å². The first-order valence-electron chi connectivity index (χ1n) is 10.4. The van der Waals surface area contributed by atoms with Gasteiger partial charge in [0.2, 0.25) is 0 Å². The molecule has 0 aromatic heterocycles. The van der Waals surface area contributed by atoms with Crippen molar-refractivity contribution in [3.8, 4) is 5.75 Å². The average Bonchev–Trinajstić information content (AvgIpc) is 2.75. The van der Waals surface area contributed by atoms with Crippen LogP contribution in [0.5, 0.6) is 5.75 Å². The number of nitrogens with zero attached hydrogens (tertiary/aromatic N) is 1. The quantitative estimate of drug-likeness (QED) is 0.766. The number of nitrogens with one attached hydrogen (secondary N) is 1. The first-order chi connectivity index (χ1) is 14.0. The van der Waals surface area contributed by atoms with Crippen molar-refractivity contribution < 1.29 is 13.9 Å². The number of piperidine rings is 1. The van der Waals surface area contributed by atoms with Gasteiger partial charge in [-0.05, 0) is 74.5 Å². The summed E-state index contributed by atoms with van der Waals surface area (Å²) in [7, 11) is 0. The van der Waals surface area contributed by atoms with Crippen LogP contribution in [0.4, 0.5) is 4.39 Å². The lowest BCUT2D eigenvalue weighted by Gasteiger charge is -2.40. The van der Waals surface area contributed by atoms with Crippen molar-refractivity contribution in [2.45, 2.75) is 32.3 Å². The van der Waals surface area contributed by atoms with E-state index in [-0.39, 0.29) is 29.7 Å². The first kappa shape index (κ1) is 22.3. The molecule has 2 aliphatic rings. The van der Waals surface area contributed by atoms with E-state index in [1.165, 1.54) is 12.1 Å². The second-order valence-electron chi connectivity index (χ2n) is 7.67. The van der Waals surface area contributed by atoms with Crippen LogP contribution in [0.3, 0.4) is 0 Å². The summed E-state index contributed by atoms with van der Waals surface area (Å²) in [6.45, 7) is 7.10. The normalized spacial score (nSPS) is 16.7. The molecule has 0 radical (unpaired) electrons. The second kappa shape index (κ2) is 9.19. The molecule has 4 rings (SSSR count). The maximum absolute atomic E-state index is 14.0. The van der Waals surface area contributed by atoms with Crippen molar-refractivity contribution in [3.05, 3.63) is 71.0 Å². The van der Waals surface area contributed by atoms with Gasteiger partial charge in [0, 0.05) is 37.1 Å². The van der Waals surface area contributed by atoms with Crippen molar-refractivity contribution >= 4 is 23.9 Å². The second-order valence-corrected chi connectivity index (χ2v) is 7.67. The summed E-state index contributed by atoms with van der Waals surface area (Å²) in [4.78, 5) is 14.4. The fourth-order valence-electron chi connectivity index (χ4n) is 4.21. The average molecular weight is 431 g/mol. The third kappa shape index (κ3) is 4.23. The number of fused-ring (bicyclic) bond motifs is 1. The maximum atomic E-state index is 14.0. The minimum Gasteiger partial charge on any atom is -0.482 e. The van der Waals surface area contributed by atoms with Gasteiger partial charge in [-0.25, -0.2) is 4.39 Å². The number of amides is 1. The Morgan fingerprint density at radius 3 is 2.40 bits per heavy atom. The van der Waals surface area contributed by atoms with E-state index < -0.39 is 0 Å². The number of benzene rings is 2. The van der Waals surface area contributed by atoms with Gasteiger partial charge in [-0.1, -0.05) is 12.1 Å². The maximum Gasteiger partial charge on any atom is 0.253 e. The molecule has 160 valence electrons. The predicted octanol–water partition coefficient (Wildman–Crippen LogP) is 4.68. The first-order valence-corrected chi connectivity index (χ1v) is 10.4. The minimum atomic E-state index is -0.374. The molecular formula is C24H28ClFN2O2. The van der Waals surface area contributed by atoms with Crippen molar-refractivity contribution in [1.29, 1.82) is 0 Å². The van der Waals surface area contributed by atoms with Gasteiger partial charge in [0.1, 0.15) is 17.2 Å². The molecule has 1 amide bonds. The highest BCUT2D eigenvalue weighted by Gasteiger charge is 2.37. The van der Waals surface area contributed by atoms with Crippen molar-refractivity contribution in [3.63, 3.8) is 0 Å². The van der Waals surface area contributed by atoms with E-state index in [0.29, 0.717) is 24.4 Å². The lowest BCUT2D eigenvalue weighted by atomic mass is 9.83. The van der Waals surface area contributed by atoms with Crippen LogP contribution < -0.4 is 10.1 Å². The van der Waals surface area contributed by atoms with E-state index in [0.717, 1.165) is 42.6 Å². The zero-order valence-electron chi connectivity index (χ0n) is 17.4. The highest BCUT2D eigenvalue weighted by molar-refractivity contribution is 5.95. The Labute approximate surface area is 183 Å². The summed E-state index contributed by atoms with van der Waals surface area (Å²) in [5, 5.41) is 3.37. The molecule has 6 heteroatoms. The third-order valence-electron chi connectivity index (χ3n) is 5.90. The molecular weight excluding hydrogens is 403 g/mol. The lowest BCUT2D eigenvalue weighted by Crippen LogP contribution is -2.46. The number of carbonyl (C=O) groups is 1. The van der Waals surface area contributed by atoms with Crippen LogP contribution >= 0.6 is 12.4 Å². The van der Waals surface area contributed by atoms with Crippen molar-refractivity contribution in [2.75, 3.05) is 26.2 Å². The molecule has 0 unspecified atom stereocenters. The molecule has 1 N–H and O–H groups in total. The van der Waals surface area contributed by atoms with Gasteiger partial charge in [-0.2, -0.15) is 0 Å². The van der Waals surface area contributed by atoms with Gasteiger partial charge in [-0.15, -0.1) is 12.4 Å². The molecule has 0 bridgehead atoms. The standard InChI is InChI=1S/C24H27FN2O2.ClH/c1-3-27(4-2)23(28)18-7-5-17(6-8-18)21-16-24(11-13-26-14-12-24)29-22-10-9-19(25)15-20(21)22;/h5-10,15-16,26H,3-4,11-14H2,1-2H3;1H. The van der Waals surface area contributed by atoms with Gasteiger partial charge in [0.25, 0.3) is 5.91 Å². The molecule has 2 aromatic rings. The summed E-state index contributed by atoms with van der Waals surface area (Å²) >= 11 is 0. The molecule has 2 aromatic carbocycles. The largest absolute Gasteiger partial charge is 0.482 e. The highest BCUT2D eigenvalue weighted by Crippen LogP contribution is 2.42. The van der Waals surface area contributed by atoms with E-state index in [1.807, 2.05) is 38.1 Å². The third-order valence-corrected chi connectivity index (χ3v) is 5.90. The van der Waals surface area contributed by atoms with Crippen LogP contribution in [-0.2, 0) is 0 Å². The van der Waals surface area contributed by atoms with Crippen LogP contribution in [0.1, 0.15) is 48.2 Å². The van der Waals surface area contributed by atoms with Crippen molar-refractivity contribution in [2.24, 2.45) is 0 Å². The topological polar surface area (TPSA) is 41.6 Å². The fraction of sp³-hybridized carbons (Fsp3) is 0.375. The summed E-state index contributed by atoms with van der Waals surface area (Å²) in [6, 6.07) is 12.3. The molecule has 0 atom stereocenters. The molecule has 30 heavy (non-hydrogen) atoms. The van der Waals surface area contributed by atoms with Crippen LogP contribution in [0.2, 0.25) is 0 Å². The number of ether oxygens (including phenoxy) is 1. The SMILES string of the molecule is CCN(CC)C(=O)c1ccc(C2=CC3(CCNCC3)Oc3ccc(F)cc32)cc1.Cl.